The molecule has 0 fully saturated rings. The van der Waals surface area contributed by atoms with Gasteiger partial charge in [-0.3, -0.25) is 4.79 Å². The van der Waals surface area contributed by atoms with Gasteiger partial charge in [-0.15, -0.1) is 0 Å². The maximum Gasteiger partial charge on any atom is 0.355 e. The minimum Gasteiger partial charge on any atom is -0.465 e. The molecule has 0 aliphatic carbocycles. The Morgan fingerprint density at radius 1 is 1.00 bits per heavy atom. The Balaban J connectivity index is 2.37. The van der Waals surface area contributed by atoms with Crippen molar-refractivity contribution in [2.24, 2.45) is 0 Å². The lowest BCUT2D eigenvalue weighted by Crippen LogP contribution is -2.26. The molecule has 1 aliphatic heterocycles. The van der Waals surface area contributed by atoms with Gasteiger partial charge >= 0.3 is 11.9 Å². The van der Waals surface area contributed by atoms with E-state index in [0.717, 1.165) is 5.56 Å². The largest absolute Gasteiger partial charge is 0.465 e. The van der Waals surface area contributed by atoms with Crippen molar-refractivity contribution in [3.8, 4) is 0 Å². The summed E-state index contributed by atoms with van der Waals surface area (Å²) in [5.41, 5.74) is 1.81. The van der Waals surface area contributed by atoms with Crippen LogP contribution in [0.2, 0.25) is 0 Å². The fourth-order valence-electron chi connectivity index (χ4n) is 2.57. The first-order valence-electron chi connectivity index (χ1n) is 8.36. The average Bonchev–Trinajstić information content (AvgIpc) is 2.94. The monoisotopic (exact) mass is 370 g/mol. The topological polar surface area (TPSA) is 84.9 Å². The highest BCUT2D eigenvalue weighted by atomic mass is 16.5. The summed E-state index contributed by atoms with van der Waals surface area (Å²) >= 11 is 0. The van der Waals surface area contributed by atoms with Crippen LogP contribution < -0.4 is 10.2 Å². The van der Waals surface area contributed by atoms with E-state index < -0.39 is 11.9 Å². The van der Waals surface area contributed by atoms with Gasteiger partial charge in [-0.2, -0.15) is 0 Å². The number of benzene rings is 1. The number of nitrogens with one attached hydrogen (secondary N) is 1. The number of amides is 1. The third-order valence-corrected chi connectivity index (χ3v) is 4.02. The van der Waals surface area contributed by atoms with Crippen LogP contribution in [-0.2, 0) is 30.3 Å². The quantitative estimate of drug-likeness (QED) is 0.770. The molecule has 0 bridgehead atoms. The van der Waals surface area contributed by atoms with Gasteiger partial charge in [0.2, 0.25) is 5.91 Å². The number of hydrogen-bond donors (Lipinski definition) is 1. The van der Waals surface area contributed by atoms with E-state index in [9.17, 15) is 14.4 Å². The summed E-state index contributed by atoms with van der Waals surface area (Å²) in [5, 5.41) is 2.59. The number of carbonyl (C=O) groups excluding carboxylic acids is 3. The Morgan fingerprint density at radius 2 is 1.67 bits per heavy atom. The summed E-state index contributed by atoms with van der Waals surface area (Å²) in [4.78, 5) is 37.4. The van der Waals surface area contributed by atoms with Gasteiger partial charge in [0.1, 0.15) is 5.70 Å². The highest BCUT2D eigenvalue weighted by Crippen LogP contribution is 2.26. The molecule has 1 aromatic rings. The van der Waals surface area contributed by atoms with Gasteiger partial charge in [-0.25, -0.2) is 9.59 Å². The third-order valence-electron chi connectivity index (χ3n) is 4.02. The summed E-state index contributed by atoms with van der Waals surface area (Å²) in [7, 11) is 4.11. The SMILES string of the molecule is CNC(=O)CCc1ccc(N2C=CC=CC(C(=O)OC)=C2C(=O)OC)cc1. The second-order valence-corrected chi connectivity index (χ2v) is 5.66. The van der Waals surface area contributed by atoms with Gasteiger partial charge in [-0.05, 0) is 36.3 Å². The van der Waals surface area contributed by atoms with Crippen LogP contribution in [0.1, 0.15) is 12.0 Å². The Labute approximate surface area is 157 Å². The van der Waals surface area contributed by atoms with Gasteiger partial charge < -0.3 is 19.7 Å². The van der Waals surface area contributed by atoms with Crippen molar-refractivity contribution in [1.29, 1.82) is 0 Å². The minimum absolute atomic E-state index is 0.0285. The number of allylic oxidation sites excluding steroid dienone is 2. The molecule has 1 aliphatic rings. The smallest absolute Gasteiger partial charge is 0.355 e. The molecule has 1 aromatic carbocycles. The Bertz CT molecular complexity index is 806. The standard InChI is InChI=1S/C20H22N2O5/c1-21-17(23)12-9-14-7-10-15(11-8-14)22-13-5-4-6-16(19(24)26-2)18(22)20(25)27-3/h4-8,10-11,13H,9,12H2,1-3H3,(H,21,23). The molecule has 0 saturated carbocycles. The van der Waals surface area contributed by atoms with E-state index in [2.05, 4.69) is 5.32 Å². The first-order valence-corrected chi connectivity index (χ1v) is 8.36. The maximum atomic E-state index is 12.4. The second-order valence-electron chi connectivity index (χ2n) is 5.66. The molecule has 7 nitrogen and oxygen atoms in total. The number of esters is 2. The molecule has 0 saturated heterocycles. The van der Waals surface area contributed by atoms with Crippen molar-refractivity contribution in [1.82, 2.24) is 5.32 Å². The molecule has 1 heterocycles. The minimum atomic E-state index is -0.657. The molecule has 0 unspecified atom stereocenters. The number of anilines is 1. The van der Waals surface area contributed by atoms with Crippen LogP contribution in [0.4, 0.5) is 5.69 Å². The Morgan fingerprint density at radius 3 is 2.26 bits per heavy atom. The number of aryl methyl sites for hydroxylation is 1. The molecule has 0 radical (unpaired) electrons. The van der Waals surface area contributed by atoms with Crippen molar-refractivity contribution in [3.63, 3.8) is 0 Å². The molecular weight excluding hydrogens is 348 g/mol. The number of nitrogens with zero attached hydrogens (tertiary/aromatic N) is 1. The lowest BCUT2D eigenvalue weighted by atomic mass is 10.1. The first kappa shape index (κ1) is 20.0. The van der Waals surface area contributed by atoms with Gasteiger partial charge in [0.25, 0.3) is 0 Å². The van der Waals surface area contributed by atoms with Crippen molar-refractivity contribution in [2.45, 2.75) is 12.8 Å². The molecule has 0 spiro atoms. The van der Waals surface area contributed by atoms with Crippen LogP contribution in [0, 0.1) is 0 Å². The van der Waals surface area contributed by atoms with E-state index in [1.807, 2.05) is 24.3 Å². The summed E-state index contributed by atoms with van der Waals surface area (Å²) in [5.74, 6) is -1.32. The number of rotatable bonds is 6. The van der Waals surface area contributed by atoms with Crippen LogP contribution in [0.15, 0.2) is 60.0 Å². The molecule has 142 valence electrons. The van der Waals surface area contributed by atoms with Crippen LogP contribution in [0.5, 0.6) is 0 Å². The van der Waals surface area contributed by atoms with Gasteiger partial charge in [0, 0.05) is 25.4 Å². The van der Waals surface area contributed by atoms with Crippen LogP contribution in [-0.4, -0.2) is 39.1 Å². The molecule has 1 amide bonds. The van der Waals surface area contributed by atoms with E-state index in [0.29, 0.717) is 18.5 Å². The molecule has 0 aromatic heterocycles. The van der Waals surface area contributed by atoms with Crippen molar-refractivity contribution >= 4 is 23.5 Å². The number of hydrogen-bond acceptors (Lipinski definition) is 6. The third kappa shape index (κ3) is 4.84. The molecule has 1 N–H and O–H groups in total. The van der Waals surface area contributed by atoms with Crippen LogP contribution >= 0.6 is 0 Å². The maximum absolute atomic E-state index is 12.4. The van der Waals surface area contributed by atoms with E-state index in [4.69, 9.17) is 9.47 Å². The Kier molecular flexibility index (Phi) is 6.93. The molecule has 2 rings (SSSR count). The van der Waals surface area contributed by atoms with E-state index >= 15 is 0 Å². The molecule has 7 heteroatoms. The zero-order valence-corrected chi connectivity index (χ0v) is 15.5. The van der Waals surface area contributed by atoms with Crippen molar-refractivity contribution < 1.29 is 23.9 Å². The number of carbonyl (C=O) groups is 3. The highest BCUT2D eigenvalue weighted by Gasteiger charge is 2.27. The fourth-order valence-corrected chi connectivity index (χ4v) is 2.57. The average molecular weight is 370 g/mol. The lowest BCUT2D eigenvalue weighted by molar-refractivity contribution is -0.139. The van der Waals surface area contributed by atoms with Crippen LogP contribution in [0.3, 0.4) is 0 Å². The van der Waals surface area contributed by atoms with Gasteiger partial charge in [0.15, 0.2) is 0 Å². The van der Waals surface area contributed by atoms with E-state index in [1.54, 1.807) is 30.3 Å². The van der Waals surface area contributed by atoms with Gasteiger partial charge in [0.05, 0.1) is 19.8 Å². The van der Waals surface area contributed by atoms with Gasteiger partial charge in [-0.1, -0.05) is 18.2 Å². The predicted octanol–water partition coefficient (Wildman–Crippen LogP) is 1.86. The predicted molar refractivity (Wildman–Crippen MR) is 101 cm³/mol. The zero-order chi connectivity index (χ0) is 19.8. The summed E-state index contributed by atoms with van der Waals surface area (Å²) in [6.07, 6.45) is 7.52. The summed E-state index contributed by atoms with van der Waals surface area (Å²) in [6, 6.07) is 7.37. The molecular formula is C20H22N2O5. The normalized spacial score (nSPS) is 13.2. The zero-order valence-electron chi connectivity index (χ0n) is 15.5. The number of ether oxygens (including phenoxy) is 2. The van der Waals surface area contributed by atoms with E-state index in [1.165, 1.54) is 20.3 Å². The number of methoxy groups -OCH3 is 2. The summed E-state index contributed by atoms with van der Waals surface area (Å²) < 4.78 is 9.65. The van der Waals surface area contributed by atoms with Crippen molar-refractivity contribution in [2.75, 3.05) is 26.2 Å². The summed E-state index contributed by atoms with van der Waals surface area (Å²) in [6.45, 7) is 0. The Hall–Kier alpha value is -3.35. The van der Waals surface area contributed by atoms with Crippen LogP contribution in [0.25, 0.3) is 0 Å². The lowest BCUT2D eigenvalue weighted by Gasteiger charge is -2.23. The molecule has 0 atom stereocenters. The van der Waals surface area contributed by atoms with Crippen molar-refractivity contribution in [3.05, 3.63) is 65.5 Å². The fraction of sp³-hybridized carbons (Fsp3) is 0.250. The van der Waals surface area contributed by atoms with E-state index in [-0.39, 0.29) is 17.2 Å². The highest BCUT2D eigenvalue weighted by molar-refractivity contribution is 6.05. The first-order chi connectivity index (χ1) is 13.0. The second kappa shape index (κ2) is 9.38. The molecule has 27 heavy (non-hydrogen) atoms.